The number of thiocarbonyl (C=S) groups is 1. The minimum absolute atomic E-state index is 0.0166. The predicted octanol–water partition coefficient (Wildman–Crippen LogP) is 2.42. The van der Waals surface area contributed by atoms with Crippen LogP contribution < -0.4 is 9.47 Å². The number of rotatable bonds is 7. The summed E-state index contributed by atoms with van der Waals surface area (Å²) in [6.07, 6.45) is 9.06. The van der Waals surface area contributed by atoms with Crippen LogP contribution >= 0.6 is 12.2 Å². The first-order valence-corrected chi connectivity index (χ1v) is 9.05. The number of carbonyl (C=O) groups is 2. The Labute approximate surface area is 170 Å². The number of carbonyl (C=O) groups excluding carboxylic acids is 2. The lowest BCUT2D eigenvalue weighted by molar-refractivity contribution is -0.132. The largest absolute Gasteiger partial charge is 0.490 e. The van der Waals surface area contributed by atoms with E-state index >= 15 is 0 Å². The SMILES string of the molecule is C#CCOc1c(CC=C)cc(C=C2C(=O)N(C)C(=S)N(C)C2=O)cc1OCC. The number of hydrogen-bond acceptors (Lipinski definition) is 5. The molecule has 1 saturated heterocycles. The molecule has 0 unspecified atom stereocenters. The molecule has 1 aromatic carbocycles. The Hall–Kier alpha value is -3.11. The van der Waals surface area contributed by atoms with Gasteiger partial charge in [0.05, 0.1) is 6.61 Å². The molecule has 2 amide bonds. The zero-order valence-corrected chi connectivity index (χ0v) is 17.0. The molecule has 1 aliphatic heterocycles. The van der Waals surface area contributed by atoms with E-state index in [1.807, 2.05) is 13.0 Å². The van der Waals surface area contributed by atoms with E-state index in [9.17, 15) is 9.59 Å². The van der Waals surface area contributed by atoms with Crippen molar-refractivity contribution >= 4 is 35.2 Å². The van der Waals surface area contributed by atoms with Gasteiger partial charge in [-0.05, 0) is 49.3 Å². The summed E-state index contributed by atoms with van der Waals surface area (Å²) in [4.78, 5) is 27.6. The van der Waals surface area contributed by atoms with Crippen molar-refractivity contribution in [3.8, 4) is 23.8 Å². The van der Waals surface area contributed by atoms with Crippen molar-refractivity contribution < 1.29 is 19.1 Å². The quantitative estimate of drug-likeness (QED) is 0.232. The lowest BCUT2D eigenvalue weighted by atomic mass is 10.0. The minimum atomic E-state index is -0.455. The Balaban J connectivity index is 2.58. The first-order valence-electron chi connectivity index (χ1n) is 8.64. The number of terminal acetylenes is 1. The maximum atomic E-state index is 12.6. The Morgan fingerprint density at radius 1 is 1.21 bits per heavy atom. The van der Waals surface area contributed by atoms with Crippen molar-refractivity contribution in [1.82, 2.24) is 9.80 Å². The molecule has 28 heavy (non-hydrogen) atoms. The number of allylic oxidation sites excluding steroid dienone is 1. The molecule has 1 aliphatic rings. The topological polar surface area (TPSA) is 59.1 Å². The molecule has 0 spiro atoms. The second-order valence-corrected chi connectivity index (χ2v) is 6.36. The first kappa shape index (κ1) is 21.2. The van der Waals surface area contributed by atoms with Crippen molar-refractivity contribution in [3.63, 3.8) is 0 Å². The van der Waals surface area contributed by atoms with E-state index in [4.69, 9.17) is 28.1 Å². The Morgan fingerprint density at radius 2 is 1.86 bits per heavy atom. The minimum Gasteiger partial charge on any atom is -0.490 e. The fourth-order valence-corrected chi connectivity index (χ4v) is 2.92. The van der Waals surface area contributed by atoms with Gasteiger partial charge in [0.2, 0.25) is 0 Å². The summed E-state index contributed by atoms with van der Waals surface area (Å²) in [5.41, 5.74) is 1.43. The van der Waals surface area contributed by atoms with Crippen LogP contribution in [0.5, 0.6) is 11.5 Å². The van der Waals surface area contributed by atoms with Crippen LogP contribution in [-0.4, -0.2) is 54.0 Å². The molecule has 0 aliphatic carbocycles. The van der Waals surface area contributed by atoms with Crippen LogP contribution in [0.2, 0.25) is 0 Å². The highest BCUT2D eigenvalue weighted by Crippen LogP contribution is 2.35. The monoisotopic (exact) mass is 398 g/mol. The fraction of sp³-hybridized carbons (Fsp3) is 0.286. The second kappa shape index (κ2) is 9.20. The van der Waals surface area contributed by atoms with Crippen molar-refractivity contribution in [3.05, 3.63) is 41.5 Å². The molecule has 0 saturated carbocycles. The first-order chi connectivity index (χ1) is 13.3. The summed E-state index contributed by atoms with van der Waals surface area (Å²) in [5, 5.41) is 0.160. The summed E-state index contributed by atoms with van der Waals surface area (Å²) < 4.78 is 11.4. The smallest absolute Gasteiger partial charge is 0.265 e. The van der Waals surface area contributed by atoms with Gasteiger partial charge in [-0.25, -0.2) is 0 Å². The Morgan fingerprint density at radius 3 is 2.39 bits per heavy atom. The van der Waals surface area contributed by atoms with Gasteiger partial charge >= 0.3 is 0 Å². The Bertz CT molecular complexity index is 872. The number of benzene rings is 1. The molecule has 2 rings (SSSR count). The summed E-state index contributed by atoms with van der Waals surface area (Å²) in [7, 11) is 3.07. The lowest BCUT2D eigenvalue weighted by Crippen LogP contribution is -2.52. The molecule has 1 fully saturated rings. The normalized spacial score (nSPS) is 14.1. The molecular weight excluding hydrogens is 376 g/mol. The summed E-state index contributed by atoms with van der Waals surface area (Å²) in [6.45, 7) is 6.12. The van der Waals surface area contributed by atoms with Crippen LogP contribution in [0.25, 0.3) is 6.08 Å². The molecule has 0 radical (unpaired) electrons. The van der Waals surface area contributed by atoms with Crippen molar-refractivity contribution in [2.45, 2.75) is 13.3 Å². The van der Waals surface area contributed by atoms with E-state index in [0.29, 0.717) is 30.1 Å². The second-order valence-electron chi connectivity index (χ2n) is 5.99. The number of amides is 2. The standard InChI is InChI=1S/C21H22N2O4S/c1-6-9-15-11-14(13-17(26-8-3)18(15)27-10-7-2)12-16-19(24)22(4)21(28)23(5)20(16)25/h2,6,11-13H,1,8-10H2,3-5H3. The van der Waals surface area contributed by atoms with E-state index in [0.717, 1.165) is 5.56 Å². The molecule has 0 N–H and O–H groups in total. The van der Waals surface area contributed by atoms with Crippen LogP contribution in [0.15, 0.2) is 30.4 Å². The molecule has 146 valence electrons. The van der Waals surface area contributed by atoms with E-state index in [-0.39, 0.29) is 17.3 Å². The highest BCUT2D eigenvalue weighted by atomic mass is 32.1. The third-order valence-electron chi connectivity index (χ3n) is 4.07. The molecule has 0 atom stereocenters. The van der Waals surface area contributed by atoms with Gasteiger partial charge in [0.15, 0.2) is 16.6 Å². The van der Waals surface area contributed by atoms with Crippen molar-refractivity contribution in [2.75, 3.05) is 27.3 Å². The van der Waals surface area contributed by atoms with E-state index in [1.165, 1.54) is 30.0 Å². The van der Waals surface area contributed by atoms with Crippen molar-refractivity contribution in [2.24, 2.45) is 0 Å². The molecule has 0 bridgehead atoms. The van der Waals surface area contributed by atoms with Crippen molar-refractivity contribution in [1.29, 1.82) is 0 Å². The van der Waals surface area contributed by atoms with Crippen LogP contribution in [-0.2, 0) is 16.0 Å². The number of nitrogens with zero attached hydrogens (tertiary/aromatic N) is 2. The van der Waals surface area contributed by atoms with E-state index in [1.54, 1.807) is 12.1 Å². The van der Waals surface area contributed by atoms with E-state index in [2.05, 4.69) is 12.5 Å². The van der Waals surface area contributed by atoms with Crippen LogP contribution in [0, 0.1) is 12.3 Å². The summed E-state index contributed by atoms with van der Waals surface area (Å²) >= 11 is 5.11. The van der Waals surface area contributed by atoms with Gasteiger partial charge in [0, 0.05) is 19.7 Å². The third kappa shape index (κ3) is 4.24. The number of ether oxygens (including phenoxy) is 2. The van der Waals surface area contributed by atoms with Crippen LogP contribution in [0.3, 0.4) is 0 Å². The molecule has 0 aromatic heterocycles. The molecule has 1 aromatic rings. The maximum Gasteiger partial charge on any atom is 0.265 e. The van der Waals surface area contributed by atoms with Gasteiger partial charge < -0.3 is 9.47 Å². The van der Waals surface area contributed by atoms with Crippen LogP contribution in [0.4, 0.5) is 0 Å². The average molecular weight is 398 g/mol. The average Bonchev–Trinajstić information content (AvgIpc) is 2.68. The molecule has 1 heterocycles. The van der Waals surface area contributed by atoms with Gasteiger partial charge in [-0.15, -0.1) is 13.0 Å². The van der Waals surface area contributed by atoms with Gasteiger partial charge in [-0.1, -0.05) is 12.0 Å². The van der Waals surface area contributed by atoms with Gasteiger partial charge in [-0.3, -0.25) is 19.4 Å². The zero-order valence-electron chi connectivity index (χ0n) is 16.2. The predicted molar refractivity (Wildman–Crippen MR) is 112 cm³/mol. The van der Waals surface area contributed by atoms with Gasteiger partial charge in [-0.2, -0.15) is 0 Å². The lowest BCUT2D eigenvalue weighted by Gasteiger charge is -2.31. The summed E-state index contributed by atoms with van der Waals surface area (Å²) in [5.74, 6) is 2.53. The highest BCUT2D eigenvalue weighted by molar-refractivity contribution is 7.80. The number of hydrogen-bond donors (Lipinski definition) is 0. The Kier molecular flexibility index (Phi) is 6.96. The van der Waals surface area contributed by atoms with Crippen LogP contribution in [0.1, 0.15) is 18.1 Å². The molecule has 6 nitrogen and oxygen atoms in total. The van der Waals surface area contributed by atoms with E-state index < -0.39 is 11.8 Å². The third-order valence-corrected chi connectivity index (χ3v) is 4.62. The molecular formula is C21H22N2O4S. The number of likely N-dealkylation sites (N-methyl/N-ethyl adjacent to an activating group) is 2. The summed E-state index contributed by atoms with van der Waals surface area (Å²) in [6, 6.07) is 3.53. The fourth-order valence-electron chi connectivity index (χ4n) is 2.76. The maximum absolute atomic E-state index is 12.6. The van der Waals surface area contributed by atoms with Gasteiger partial charge in [0.1, 0.15) is 12.2 Å². The van der Waals surface area contributed by atoms with Gasteiger partial charge in [0.25, 0.3) is 11.8 Å². The zero-order chi connectivity index (χ0) is 20.8. The molecule has 7 heteroatoms. The highest BCUT2D eigenvalue weighted by Gasteiger charge is 2.35.